The second-order valence-electron chi connectivity index (χ2n) is 5.83. The number of nitrogens with zero attached hydrogens (tertiary/aromatic N) is 1. The maximum atomic E-state index is 13.4. The molecular formula is C16H22F2N2O. The van der Waals surface area contributed by atoms with Crippen LogP contribution >= 0.6 is 0 Å². The van der Waals surface area contributed by atoms with Gasteiger partial charge < -0.3 is 10.2 Å². The highest BCUT2D eigenvalue weighted by Gasteiger charge is 2.42. The Bertz CT molecular complexity index is 527. The van der Waals surface area contributed by atoms with E-state index >= 15 is 0 Å². The zero-order valence-electron chi connectivity index (χ0n) is 12.7. The van der Waals surface area contributed by atoms with E-state index in [4.69, 9.17) is 0 Å². The van der Waals surface area contributed by atoms with E-state index in [1.54, 1.807) is 11.9 Å². The molecule has 1 N–H and O–H groups in total. The second-order valence-corrected chi connectivity index (χ2v) is 5.83. The summed E-state index contributed by atoms with van der Waals surface area (Å²) in [6.45, 7) is 5.36. The van der Waals surface area contributed by atoms with E-state index in [1.165, 1.54) is 6.07 Å². The summed E-state index contributed by atoms with van der Waals surface area (Å²) in [6.07, 6.45) is 1.59. The minimum atomic E-state index is -0.882. The number of rotatable bonds is 4. The molecule has 2 unspecified atom stereocenters. The zero-order chi connectivity index (χ0) is 15.6. The summed E-state index contributed by atoms with van der Waals surface area (Å²) in [5, 5.41) is 3.24. The second kappa shape index (κ2) is 6.10. The molecule has 2 rings (SSSR count). The van der Waals surface area contributed by atoms with E-state index in [0.29, 0.717) is 12.1 Å². The van der Waals surface area contributed by atoms with Crippen molar-refractivity contribution in [2.45, 2.75) is 32.7 Å². The number of carbonyl (C=O) groups excluding carboxylic acids is 1. The van der Waals surface area contributed by atoms with Crippen molar-refractivity contribution >= 4 is 5.91 Å². The van der Waals surface area contributed by atoms with Gasteiger partial charge in [0.25, 0.3) is 0 Å². The van der Waals surface area contributed by atoms with Gasteiger partial charge in [0.1, 0.15) is 0 Å². The number of hydrogen-bond donors (Lipinski definition) is 1. The van der Waals surface area contributed by atoms with Crippen molar-refractivity contribution in [3.05, 3.63) is 35.4 Å². The quantitative estimate of drug-likeness (QED) is 0.926. The molecule has 0 saturated carbocycles. The third-order valence-electron chi connectivity index (χ3n) is 4.70. The van der Waals surface area contributed by atoms with Crippen molar-refractivity contribution in [1.29, 1.82) is 0 Å². The van der Waals surface area contributed by atoms with E-state index in [2.05, 4.69) is 5.32 Å². The Hall–Kier alpha value is -1.49. The van der Waals surface area contributed by atoms with Crippen LogP contribution < -0.4 is 5.32 Å². The van der Waals surface area contributed by atoms with Gasteiger partial charge in [-0.2, -0.15) is 0 Å². The molecule has 0 spiro atoms. The number of nitrogens with one attached hydrogen (secondary N) is 1. The molecule has 2 atom stereocenters. The van der Waals surface area contributed by atoms with Crippen molar-refractivity contribution in [2.24, 2.45) is 5.41 Å². The molecule has 1 aliphatic heterocycles. The SMILES string of the molecule is CCC1(C(=O)N(C)C(C)c2ccc(F)c(F)c2)CCNC1. The van der Waals surface area contributed by atoms with Gasteiger partial charge >= 0.3 is 0 Å². The van der Waals surface area contributed by atoms with Crippen LogP contribution in [0.4, 0.5) is 8.78 Å². The number of benzene rings is 1. The van der Waals surface area contributed by atoms with E-state index in [9.17, 15) is 13.6 Å². The lowest BCUT2D eigenvalue weighted by Crippen LogP contribution is -2.44. The summed E-state index contributed by atoms with van der Waals surface area (Å²) in [5.74, 6) is -1.69. The van der Waals surface area contributed by atoms with Gasteiger partial charge in [0.2, 0.25) is 5.91 Å². The van der Waals surface area contributed by atoms with Gasteiger partial charge in [0.05, 0.1) is 11.5 Å². The van der Waals surface area contributed by atoms with Crippen LogP contribution in [0.5, 0.6) is 0 Å². The summed E-state index contributed by atoms with van der Waals surface area (Å²) >= 11 is 0. The maximum Gasteiger partial charge on any atom is 0.230 e. The number of carbonyl (C=O) groups is 1. The minimum absolute atomic E-state index is 0.0623. The number of halogens is 2. The molecular weight excluding hydrogens is 274 g/mol. The molecule has 1 aliphatic rings. The lowest BCUT2D eigenvalue weighted by molar-refractivity contribution is -0.142. The van der Waals surface area contributed by atoms with E-state index in [-0.39, 0.29) is 17.4 Å². The molecule has 1 aromatic rings. The molecule has 0 radical (unpaired) electrons. The first-order chi connectivity index (χ1) is 9.91. The monoisotopic (exact) mass is 296 g/mol. The average Bonchev–Trinajstić information content (AvgIpc) is 2.98. The fraction of sp³-hybridized carbons (Fsp3) is 0.562. The Morgan fingerprint density at radius 1 is 1.43 bits per heavy atom. The van der Waals surface area contributed by atoms with Gasteiger partial charge in [0, 0.05) is 13.6 Å². The van der Waals surface area contributed by atoms with Crippen LogP contribution in [0.15, 0.2) is 18.2 Å². The normalized spacial score (nSPS) is 23.1. The Kier molecular flexibility index (Phi) is 4.61. The van der Waals surface area contributed by atoms with Crippen LogP contribution in [0.25, 0.3) is 0 Å². The third-order valence-corrected chi connectivity index (χ3v) is 4.70. The van der Waals surface area contributed by atoms with Gasteiger partial charge in [-0.05, 0) is 44.0 Å². The van der Waals surface area contributed by atoms with Crippen LogP contribution in [-0.2, 0) is 4.79 Å². The fourth-order valence-corrected chi connectivity index (χ4v) is 2.93. The Balaban J connectivity index is 2.19. The van der Waals surface area contributed by atoms with Crippen molar-refractivity contribution in [2.75, 3.05) is 20.1 Å². The molecule has 1 aromatic carbocycles. The smallest absolute Gasteiger partial charge is 0.230 e. The summed E-state index contributed by atoms with van der Waals surface area (Å²) in [6, 6.07) is 3.50. The summed E-state index contributed by atoms with van der Waals surface area (Å²) < 4.78 is 26.4. The topological polar surface area (TPSA) is 32.3 Å². The van der Waals surface area contributed by atoms with Gasteiger partial charge in [0.15, 0.2) is 11.6 Å². The first-order valence-corrected chi connectivity index (χ1v) is 7.34. The summed E-state index contributed by atoms with van der Waals surface area (Å²) in [7, 11) is 1.73. The molecule has 5 heteroatoms. The molecule has 0 aliphatic carbocycles. The summed E-state index contributed by atoms with van der Waals surface area (Å²) in [5.41, 5.74) is 0.226. The number of amides is 1. The Labute approximate surface area is 124 Å². The van der Waals surface area contributed by atoms with E-state index in [0.717, 1.165) is 31.5 Å². The molecule has 1 amide bonds. The van der Waals surface area contributed by atoms with Crippen molar-refractivity contribution in [3.63, 3.8) is 0 Å². The predicted octanol–water partition coefficient (Wildman–Crippen LogP) is 2.87. The Morgan fingerprint density at radius 2 is 2.14 bits per heavy atom. The van der Waals surface area contributed by atoms with Crippen LogP contribution in [0.1, 0.15) is 38.3 Å². The zero-order valence-corrected chi connectivity index (χ0v) is 12.7. The van der Waals surface area contributed by atoms with Crippen LogP contribution in [-0.4, -0.2) is 30.9 Å². The highest BCUT2D eigenvalue weighted by molar-refractivity contribution is 5.83. The standard InChI is InChI=1S/C16H22F2N2O/c1-4-16(7-8-19-10-16)15(21)20(3)11(2)12-5-6-13(17)14(18)9-12/h5-6,9,11,19H,4,7-8,10H2,1-3H3. The van der Waals surface area contributed by atoms with Crippen LogP contribution in [0.2, 0.25) is 0 Å². The molecule has 1 heterocycles. The van der Waals surface area contributed by atoms with Gasteiger partial charge in [-0.25, -0.2) is 8.78 Å². The van der Waals surface area contributed by atoms with Crippen LogP contribution in [0.3, 0.4) is 0 Å². The molecule has 1 fully saturated rings. The summed E-state index contributed by atoms with van der Waals surface area (Å²) in [4.78, 5) is 14.4. The van der Waals surface area contributed by atoms with Crippen molar-refractivity contribution in [3.8, 4) is 0 Å². The third kappa shape index (κ3) is 2.93. The molecule has 116 valence electrons. The maximum absolute atomic E-state index is 13.4. The molecule has 3 nitrogen and oxygen atoms in total. The van der Waals surface area contributed by atoms with E-state index < -0.39 is 11.6 Å². The molecule has 21 heavy (non-hydrogen) atoms. The average molecular weight is 296 g/mol. The molecule has 0 aromatic heterocycles. The fourth-order valence-electron chi connectivity index (χ4n) is 2.93. The lowest BCUT2D eigenvalue weighted by Gasteiger charge is -2.34. The minimum Gasteiger partial charge on any atom is -0.338 e. The lowest BCUT2D eigenvalue weighted by atomic mass is 9.82. The van der Waals surface area contributed by atoms with Gasteiger partial charge in [-0.1, -0.05) is 13.0 Å². The largest absolute Gasteiger partial charge is 0.338 e. The number of hydrogen-bond acceptors (Lipinski definition) is 2. The molecule has 0 bridgehead atoms. The highest BCUT2D eigenvalue weighted by atomic mass is 19.2. The highest BCUT2D eigenvalue weighted by Crippen LogP contribution is 2.34. The molecule has 1 saturated heterocycles. The van der Waals surface area contributed by atoms with E-state index in [1.807, 2.05) is 13.8 Å². The predicted molar refractivity (Wildman–Crippen MR) is 77.8 cm³/mol. The first kappa shape index (κ1) is 15.9. The first-order valence-electron chi connectivity index (χ1n) is 7.34. The Morgan fingerprint density at radius 3 is 2.67 bits per heavy atom. The van der Waals surface area contributed by atoms with Crippen molar-refractivity contribution in [1.82, 2.24) is 10.2 Å². The van der Waals surface area contributed by atoms with Crippen molar-refractivity contribution < 1.29 is 13.6 Å². The van der Waals surface area contributed by atoms with Gasteiger partial charge in [-0.3, -0.25) is 4.79 Å². The van der Waals surface area contributed by atoms with Crippen LogP contribution in [0, 0.1) is 17.0 Å². The van der Waals surface area contributed by atoms with Gasteiger partial charge in [-0.15, -0.1) is 0 Å².